The summed E-state index contributed by atoms with van der Waals surface area (Å²) in [6.45, 7) is 4.87. The average Bonchev–Trinajstić information content (AvgIpc) is 0.789. The molecule has 15 rings (SSSR count). The van der Waals surface area contributed by atoms with Crippen LogP contribution in [-0.4, -0.2) is 244 Å². The molecule has 0 saturated heterocycles. The normalized spacial score (nSPS) is 10.4. The number of aliphatic hydroxyl groups excluding tert-OH is 1. The minimum Gasteiger partial charge on any atom is -0.744 e. The molecule has 15 aromatic rings. The van der Waals surface area contributed by atoms with Crippen molar-refractivity contribution >= 4 is 32.1 Å². The molecule has 0 saturated carbocycles. The van der Waals surface area contributed by atoms with Gasteiger partial charge in [0.1, 0.15) is 65.9 Å². The maximum Gasteiger partial charge on any atom is 1.00 e. The number of aliphatic hydroxyl groups is 1. The number of nitrogens with two attached hydrogens (primary N) is 2. The summed E-state index contributed by atoms with van der Waals surface area (Å²) in [4.78, 5) is 44.5. The second-order valence-electron chi connectivity index (χ2n) is 24.6. The number of hydrogen-bond donors (Lipinski definition) is 7. The Balaban J connectivity index is 0.000000206. The van der Waals surface area contributed by atoms with Crippen molar-refractivity contribution in [3.05, 3.63) is 218 Å². The molecule has 127 heavy (non-hydrogen) atoms. The molecule has 13 heterocycles. The Morgan fingerprint density at radius 1 is 0.386 bits per heavy atom. The van der Waals surface area contributed by atoms with Gasteiger partial charge in [0.2, 0.25) is 52.5 Å². The number of benzene rings is 2. The van der Waals surface area contributed by atoms with E-state index >= 15 is 0 Å². The van der Waals surface area contributed by atoms with Gasteiger partial charge in [0.25, 0.3) is 0 Å². The standard InChI is InChI=1S/C14H10N4O8S2.C12H12N6O3.C12H15N5.C11H14N6.C9H9N5O.C8H8N6.C8H7N5.2Na/c19-8-2-3-9(11(6-8)27(21,22)23)14-17-15-13(16-18-14)7-1-4-10(20)12(5-7)28(24,25)26;19-10(4-5-11(20)21)14-7-9-15-17-12(18-16-9)8-3-1-2-6-13-8;1-2-3-4-8-11-14-16-12(17-15-11)10-7-5-6-9-13-10;12-7-3-1-6-10-14-16-11(17-15-10)9-5-2-4-8-13-9;15-6-4-8-11-13-9(14-12-8)7-3-1-2-5-10-7;9-5-7-11-13-8(14-12-7)6-3-1-2-4-10-6;1-6-10-12-8(13-11-6)7-4-2-3-5-9-7;;/h1-6,19-20H,(H,21,22,23)(H,24,25,26);1-3,6H,4-5,7H2,(H,14,19)(H,20,21);5-7,9H,2-4,8H2,1H3;2,4-5,8H,1,3,6-7,12H2;1-3,5,15H,4,6H2;1-4H,5,9H2;2-5H,1H3;;/q;;;;;;;2*+1/p-2. The van der Waals surface area contributed by atoms with Crippen LogP contribution in [0.1, 0.15) is 86.8 Å². The minimum absolute atomic E-state index is 0. The number of aromatic hydroxyl groups is 2. The van der Waals surface area contributed by atoms with Gasteiger partial charge in [-0.2, -0.15) is 0 Å². The van der Waals surface area contributed by atoms with E-state index in [9.17, 15) is 45.7 Å². The number of nitrogens with one attached hydrogen (secondary N) is 1. The first kappa shape index (κ1) is 100. The Bertz CT molecular complexity index is 5940. The first-order chi connectivity index (χ1) is 60.6. The van der Waals surface area contributed by atoms with E-state index in [2.05, 4.69) is 185 Å². The van der Waals surface area contributed by atoms with Gasteiger partial charge < -0.3 is 46.3 Å². The van der Waals surface area contributed by atoms with Gasteiger partial charge in [0.15, 0.2) is 34.9 Å². The van der Waals surface area contributed by atoms with Crippen LogP contribution in [-0.2, 0) is 62.2 Å². The molecule has 640 valence electrons. The van der Waals surface area contributed by atoms with Crippen LogP contribution in [0.2, 0.25) is 0 Å². The number of carboxylic acid groups (broad SMARTS) is 1. The zero-order valence-corrected chi connectivity index (χ0v) is 73.6. The molecule has 1 amide bonds. The summed E-state index contributed by atoms with van der Waals surface area (Å²) in [5.74, 6) is 2.22. The molecule has 0 aliphatic rings. The molecule has 0 spiro atoms. The van der Waals surface area contributed by atoms with E-state index in [1.54, 1.807) is 74.4 Å². The number of phenolic OH excluding ortho intramolecular Hbond substituents is 2. The molecular formula is C74H73N37Na2O12S2. The fraction of sp³-hybridized carbons (Fsp3) is 0.216. The summed E-state index contributed by atoms with van der Waals surface area (Å²) < 4.78 is 67.5. The predicted octanol–water partition coefficient (Wildman–Crippen LogP) is -3.40. The van der Waals surface area contributed by atoms with Crippen molar-refractivity contribution in [2.75, 3.05) is 13.2 Å². The van der Waals surface area contributed by atoms with Crippen LogP contribution in [0.5, 0.6) is 11.5 Å². The van der Waals surface area contributed by atoms with Gasteiger partial charge in [0, 0.05) is 74.0 Å². The Labute approximate surface area is 766 Å². The van der Waals surface area contributed by atoms with Crippen LogP contribution in [0, 0.1) is 6.92 Å². The number of carbonyl (C=O) groups is 2. The van der Waals surface area contributed by atoms with Gasteiger partial charge in [-0.1, -0.05) is 56.2 Å². The number of nitrogens with zero attached hydrogens (tertiary/aromatic N) is 34. The summed E-state index contributed by atoms with van der Waals surface area (Å²) in [6.07, 6.45) is 17.0. The average molecular weight is 1780 g/mol. The van der Waals surface area contributed by atoms with Crippen molar-refractivity contribution in [3.8, 4) is 103 Å². The van der Waals surface area contributed by atoms with Gasteiger partial charge in [-0.15, -0.1) is 143 Å². The number of pyridine rings is 6. The third-order valence-corrected chi connectivity index (χ3v) is 17.1. The number of carbonyl (C=O) groups excluding carboxylic acids is 1. The molecule has 0 aliphatic carbocycles. The molecule has 0 atom stereocenters. The maximum absolute atomic E-state index is 11.4. The zero-order chi connectivity index (χ0) is 89.0. The van der Waals surface area contributed by atoms with E-state index in [4.69, 9.17) is 21.7 Å². The van der Waals surface area contributed by atoms with Crippen LogP contribution in [0.15, 0.2) is 193 Å². The van der Waals surface area contributed by atoms with Crippen molar-refractivity contribution in [2.45, 2.75) is 101 Å². The maximum atomic E-state index is 11.4. The molecule has 13 aromatic heterocycles. The smallest absolute Gasteiger partial charge is 0.744 e. The fourth-order valence-electron chi connectivity index (χ4n) is 9.32. The topological polar surface area (TPSA) is 732 Å². The van der Waals surface area contributed by atoms with Crippen molar-refractivity contribution in [2.24, 2.45) is 11.5 Å². The third kappa shape index (κ3) is 34.3. The summed E-state index contributed by atoms with van der Waals surface area (Å²) >= 11 is 0. The number of carboxylic acids is 1. The number of unbranched alkanes of at least 4 members (excludes halogenated alkanes) is 3. The van der Waals surface area contributed by atoms with Gasteiger partial charge in [-0.25, -0.2) is 16.8 Å². The largest absolute Gasteiger partial charge is 1.00 e. The molecule has 0 fully saturated rings. The Kier molecular flexibility index (Phi) is 42.1. The molecule has 0 unspecified atom stereocenters. The number of rotatable bonds is 26. The number of amides is 1. The van der Waals surface area contributed by atoms with E-state index in [1.807, 2.05) is 78.9 Å². The van der Waals surface area contributed by atoms with E-state index in [0.29, 0.717) is 105 Å². The van der Waals surface area contributed by atoms with E-state index in [0.717, 1.165) is 62.4 Å². The first-order valence-electron chi connectivity index (χ1n) is 37.1. The molecule has 53 heteroatoms. The van der Waals surface area contributed by atoms with Crippen LogP contribution >= 0.6 is 0 Å². The quantitative estimate of drug-likeness (QED) is 0.0158. The molecule has 9 N–H and O–H groups in total. The number of aliphatic carboxylic acids is 1. The molecule has 2 aromatic carbocycles. The SMILES string of the molecule is CCCCCc1nnc(-c2ccccn2)nn1.Cc1nnc(-c2ccccn2)nn1.NCCCCc1nnc(-c2ccccn2)nn1.NCc1nnc(-c2ccccn2)nn1.O=C(O)CCC(=O)NCc1nnc(-c2ccccn2)nn1.O=S(=O)([O-])c1cc(-c2nnc(-c3ccc(O)cc3S(=O)(=O)[O-])nn2)ccc1O.OCCc1nnc(-c2ccccn2)nn1.[Na+].[Na+]. The molecule has 0 radical (unpaired) electrons. The Morgan fingerprint density at radius 3 is 1.07 bits per heavy atom. The summed E-state index contributed by atoms with van der Waals surface area (Å²) in [7, 11) is -9.93. The van der Waals surface area contributed by atoms with Crippen molar-refractivity contribution < 1.29 is 115 Å². The van der Waals surface area contributed by atoms with Crippen LogP contribution in [0.4, 0.5) is 0 Å². The number of phenols is 2. The van der Waals surface area contributed by atoms with Gasteiger partial charge in [-0.3, -0.25) is 39.5 Å². The zero-order valence-electron chi connectivity index (χ0n) is 68.0. The summed E-state index contributed by atoms with van der Waals surface area (Å²) in [5, 5.41) is 147. The van der Waals surface area contributed by atoms with Crippen molar-refractivity contribution in [1.29, 1.82) is 0 Å². The number of hydrogen-bond acceptors (Lipinski definition) is 47. The van der Waals surface area contributed by atoms with Crippen molar-refractivity contribution in [3.63, 3.8) is 0 Å². The van der Waals surface area contributed by atoms with E-state index < -0.39 is 53.4 Å². The second-order valence-corrected chi connectivity index (χ2v) is 27.3. The Hall–Kier alpha value is -13.8. The van der Waals surface area contributed by atoms with Crippen LogP contribution in [0.25, 0.3) is 91.9 Å². The van der Waals surface area contributed by atoms with E-state index in [1.165, 1.54) is 18.9 Å². The fourth-order valence-corrected chi connectivity index (χ4v) is 10.6. The molecular weight excluding hydrogens is 1710 g/mol. The number of aryl methyl sites for hydroxylation is 3. The van der Waals surface area contributed by atoms with E-state index in [-0.39, 0.29) is 126 Å². The van der Waals surface area contributed by atoms with Crippen LogP contribution in [0.3, 0.4) is 0 Å². The third-order valence-electron chi connectivity index (χ3n) is 15.4. The van der Waals surface area contributed by atoms with Gasteiger partial charge in [0.05, 0.1) is 35.9 Å². The number of aromatic nitrogens is 34. The minimum atomic E-state index is -4.97. The molecule has 0 aliphatic heterocycles. The second kappa shape index (κ2) is 53.4. The van der Waals surface area contributed by atoms with Gasteiger partial charge >= 0.3 is 65.1 Å². The summed E-state index contributed by atoms with van der Waals surface area (Å²) in [5.41, 5.74) is 14.4. The molecule has 0 bridgehead atoms. The first-order valence-corrected chi connectivity index (χ1v) is 39.9. The predicted molar refractivity (Wildman–Crippen MR) is 430 cm³/mol. The van der Waals surface area contributed by atoms with Crippen LogP contribution < -0.4 is 75.9 Å². The summed E-state index contributed by atoms with van der Waals surface area (Å²) in [6, 6.07) is 38.7. The van der Waals surface area contributed by atoms with Crippen molar-refractivity contribution in [1.82, 2.24) is 178 Å². The monoisotopic (exact) mass is 1780 g/mol. The van der Waals surface area contributed by atoms with Gasteiger partial charge in [-0.05, 0) is 142 Å². The Morgan fingerprint density at radius 2 is 0.732 bits per heavy atom. The molecule has 49 nitrogen and oxygen atoms in total.